The zero-order valence-electron chi connectivity index (χ0n) is 11.6. The molecule has 0 unspecified atom stereocenters. The van der Waals surface area contributed by atoms with E-state index in [-0.39, 0.29) is 12.6 Å². The van der Waals surface area contributed by atoms with Crippen molar-refractivity contribution in [2.24, 2.45) is 0 Å². The van der Waals surface area contributed by atoms with Crippen LogP contribution in [-0.2, 0) is 16.6 Å². The van der Waals surface area contributed by atoms with Gasteiger partial charge in [-0.05, 0) is 12.5 Å². The lowest BCUT2D eigenvalue weighted by Crippen LogP contribution is -2.40. The van der Waals surface area contributed by atoms with E-state index < -0.39 is 16.2 Å². The lowest BCUT2D eigenvalue weighted by atomic mass is 10.2. The zero-order valence-corrected chi connectivity index (χ0v) is 12.4. The predicted octanol–water partition coefficient (Wildman–Crippen LogP) is 0.280. The molecular formula is C12H19FN4O2S. The normalized spacial score (nSPS) is 24.4. The second-order valence-electron chi connectivity index (χ2n) is 5.12. The molecule has 20 heavy (non-hydrogen) atoms. The van der Waals surface area contributed by atoms with Crippen molar-refractivity contribution in [3.8, 4) is 0 Å². The van der Waals surface area contributed by atoms with E-state index in [1.807, 2.05) is 4.90 Å². The van der Waals surface area contributed by atoms with Gasteiger partial charge >= 0.3 is 0 Å². The molecule has 1 fully saturated rings. The minimum absolute atomic E-state index is 0.145. The Morgan fingerprint density at radius 1 is 1.45 bits per heavy atom. The SMILES string of the molecule is CN(C[C@@H]1C[C@H](F)CN1Cc1ncccn1)S(C)(=O)=O. The minimum atomic E-state index is -3.25. The molecule has 2 heterocycles. The third kappa shape index (κ3) is 3.94. The van der Waals surface area contributed by atoms with Gasteiger partial charge in [0.05, 0.1) is 12.8 Å². The summed E-state index contributed by atoms with van der Waals surface area (Å²) in [7, 11) is -1.74. The average Bonchev–Trinajstić information content (AvgIpc) is 2.69. The fraction of sp³-hybridized carbons (Fsp3) is 0.667. The molecule has 2 rings (SSSR count). The molecule has 8 heteroatoms. The van der Waals surface area contributed by atoms with Crippen LogP contribution < -0.4 is 0 Å². The van der Waals surface area contributed by atoms with Crippen molar-refractivity contribution < 1.29 is 12.8 Å². The predicted molar refractivity (Wildman–Crippen MR) is 73.2 cm³/mol. The number of halogens is 1. The molecule has 1 aromatic rings. The van der Waals surface area contributed by atoms with Gasteiger partial charge in [0.2, 0.25) is 10.0 Å². The van der Waals surface area contributed by atoms with Crippen LogP contribution in [0.1, 0.15) is 12.2 Å². The molecule has 6 nitrogen and oxygen atoms in total. The molecule has 1 aliphatic heterocycles. The molecule has 0 bridgehead atoms. The Balaban J connectivity index is 2.03. The highest BCUT2D eigenvalue weighted by Crippen LogP contribution is 2.22. The van der Waals surface area contributed by atoms with Crippen LogP contribution >= 0.6 is 0 Å². The van der Waals surface area contributed by atoms with Gasteiger partial charge in [-0.25, -0.2) is 27.1 Å². The number of aromatic nitrogens is 2. The molecular weight excluding hydrogens is 283 g/mol. The van der Waals surface area contributed by atoms with E-state index in [0.29, 0.717) is 25.3 Å². The van der Waals surface area contributed by atoms with E-state index in [1.165, 1.54) is 11.4 Å². The van der Waals surface area contributed by atoms with Gasteiger partial charge in [0.25, 0.3) is 0 Å². The van der Waals surface area contributed by atoms with Crippen LogP contribution in [-0.4, -0.2) is 66.2 Å². The second-order valence-corrected chi connectivity index (χ2v) is 7.21. The Labute approximate surface area is 118 Å². The fourth-order valence-electron chi connectivity index (χ4n) is 2.33. The number of sulfonamides is 1. The van der Waals surface area contributed by atoms with Crippen LogP contribution in [0.25, 0.3) is 0 Å². The van der Waals surface area contributed by atoms with Gasteiger partial charge < -0.3 is 0 Å². The molecule has 0 N–H and O–H groups in total. The van der Waals surface area contributed by atoms with E-state index in [4.69, 9.17) is 0 Å². The number of nitrogens with zero attached hydrogens (tertiary/aromatic N) is 4. The Bertz CT molecular complexity index is 540. The maximum atomic E-state index is 13.6. The standard InChI is InChI=1S/C12H19FN4O2S/c1-16(20(2,18)19)8-11-6-10(13)7-17(11)9-12-14-4-3-5-15-12/h3-5,10-11H,6-9H2,1-2H3/t10-,11-/m0/s1. The van der Waals surface area contributed by atoms with Crippen molar-refractivity contribution in [3.05, 3.63) is 24.3 Å². The van der Waals surface area contributed by atoms with Crippen molar-refractivity contribution in [2.45, 2.75) is 25.2 Å². The van der Waals surface area contributed by atoms with Crippen molar-refractivity contribution in [2.75, 3.05) is 26.4 Å². The maximum Gasteiger partial charge on any atom is 0.211 e. The topological polar surface area (TPSA) is 66.4 Å². The number of hydrogen-bond acceptors (Lipinski definition) is 5. The van der Waals surface area contributed by atoms with Crippen molar-refractivity contribution in [3.63, 3.8) is 0 Å². The molecule has 0 amide bonds. The van der Waals surface area contributed by atoms with Gasteiger partial charge in [-0.3, -0.25) is 4.90 Å². The van der Waals surface area contributed by atoms with Gasteiger partial charge in [0.1, 0.15) is 12.0 Å². The van der Waals surface area contributed by atoms with Crippen LogP contribution in [0, 0.1) is 0 Å². The first-order chi connectivity index (χ1) is 9.36. The van der Waals surface area contributed by atoms with Crippen molar-refractivity contribution >= 4 is 10.0 Å². The van der Waals surface area contributed by atoms with Crippen LogP contribution in [0.2, 0.25) is 0 Å². The molecule has 0 aliphatic carbocycles. The Morgan fingerprint density at radius 2 is 2.10 bits per heavy atom. The van der Waals surface area contributed by atoms with Gasteiger partial charge in [-0.15, -0.1) is 0 Å². The van der Waals surface area contributed by atoms with Crippen LogP contribution in [0.15, 0.2) is 18.5 Å². The first-order valence-corrected chi connectivity index (χ1v) is 8.26. The maximum absolute atomic E-state index is 13.6. The second kappa shape index (κ2) is 6.11. The van der Waals surface area contributed by atoms with Crippen molar-refractivity contribution in [1.29, 1.82) is 0 Å². The van der Waals surface area contributed by atoms with Crippen LogP contribution in [0.5, 0.6) is 0 Å². The largest absolute Gasteiger partial charge is 0.289 e. The minimum Gasteiger partial charge on any atom is -0.289 e. The third-order valence-corrected chi connectivity index (χ3v) is 4.76. The summed E-state index contributed by atoms with van der Waals surface area (Å²) in [4.78, 5) is 10.1. The van der Waals surface area contributed by atoms with E-state index in [2.05, 4.69) is 9.97 Å². The Morgan fingerprint density at radius 3 is 2.70 bits per heavy atom. The lowest BCUT2D eigenvalue weighted by Gasteiger charge is -2.26. The molecule has 0 spiro atoms. The summed E-state index contributed by atoms with van der Waals surface area (Å²) < 4.78 is 37.8. The van der Waals surface area contributed by atoms with Crippen LogP contribution in [0.4, 0.5) is 4.39 Å². The number of rotatable bonds is 5. The van der Waals surface area contributed by atoms with E-state index in [1.54, 1.807) is 18.5 Å². The number of likely N-dealkylation sites (tertiary alicyclic amines) is 1. The number of hydrogen-bond donors (Lipinski definition) is 0. The highest BCUT2D eigenvalue weighted by Gasteiger charge is 2.34. The summed E-state index contributed by atoms with van der Waals surface area (Å²) in [6.45, 7) is 1.01. The summed E-state index contributed by atoms with van der Waals surface area (Å²) in [5, 5.41) is 0. The first-order valence-electron chi connectivity index (χ1n) is 6.41. The van der Waals surface area contributed by atoms with Gasteiger partial charge in [-0.1, -0.05) is 0 Å². The summed E-state index contributed by atoms with van der Waals surface area (Å²) in [6.07, 6.45) is 3.84. The molecule has 0 radical (unpaired) electrons. The molecule has 1 aliphatic rings. The highest BCUT2D eigenvalue weighted by molar-refractivity contribution is 7.88. The van der Waals surface area contributed by atoms with E-state index in [9.17, 15) is 12.8 Å². The third-order valence-electron chi connectivity index (χ3n) is 3.47. The summed E-state index contributed by atoms with van der Waals surface area (Å²) >= 11 is 0. The molecule has 0 aromatic carbocycles. The molecule has 1 saturated heterocycles. The quantitative estimate of drug-likeness (QED) is 0.781. The lowest BCUT2D eigenvalue weighted by molar-refractivity contribution is 0.210. The monoisotopic (exact) mass is 302 g/mol. The molecule has 1 aromatic heterocycles. The fourth-order valence-corrected chi connectivity index (χ4v) is 2.77. The zero-order chi connectivity index (χ0) is 14.8. The molecule has 0 saturated carbocycles. The molecule has 2 atom stereocenters. The smallest absolute Gasteiger partial charge is 0.211 e. The van der Waals surface area contributed by atoms with Gasteiger partial charge in [0, 0.05) is 38.6 Å². The van der Waals surface area contributed by atoms with Crippen LogP contribution in [0.3, 0.4) is 0 Å². The molecule has 112 valence electrons. The Kier molecular flexibility index (Phi) is 4.66. The number of alkyl halides is 1. The van der Waals surface area contributed by atoms with Gasteiger partial charge in [-0.2, -0.15) is 0 Å². The number of likely N-dealkylation sites (N-methyl/N-ethyl adjacent to an activating group) is 1. The van der Waals surface area contributed by atoms with E-state index >= 15 is 0 Å². The first kappa shape index (κ1) is 15.3. The van der Waals surface area contributed by atoms with E-state index in [0.717, 1.165) is 6.26 Å². The summed E-state index contributed by atoms with van der Waals surface area (Å²) in [6, 6.07) is 1.58. The summed E-state index contributed by atoms with van der Waals surface area (Å²) in [5.41, 5.74) is 0. The Hall–Kier alpha value is -1.12. The van der Waals surface area contributed by atoms with Gasteiger partial charge in [0.15, 0.2) is 0 Å². The summed E-state index contributed by atoms with van der Waals surface area (Å²) in [5.74, 6) is 0.619. The highest BCUT2D eigenvalue weighted by atomic mass is 32.2. The average molecular weight is 302 g/mol. The van der Waals surface area contributed by atoms with Crippen molar-refractivity contribution in [1.82, 2.24) is 19.2 Å².